The van der Waals surface area contributed by atoms with Gasteiger partial charge in [0, 0.05) is 65.5 Å². The molecule has 1 aromatic heterocycles. The second kappa shape index (κ2) is 12.5. The van der Waals surface area contributed by atoms with Crippen molar-refractivity contribution in [3.8, 4) is 5.75 Å². The zero-order chi connectivity index (χ0) is 35.7. The molecule has 3 aliphatic heterocycles. The third-order valence-electron chi connectivity index (χ3n) is 11.3. The summed E-state index contributed by atoms with van der Waals surface area (Å²) in [5, 5.41) is 11.2. The van der Waals surface area contributed by atoms with Crippen LogP contribution in [0.25, 0.3) is 0 Å². The Labute approximate surface area is 304 Å². The maximum absolute atomic E-state index is 15.2. The molecule has 1 aliphatic carbocycles. The van der Waals surface area contributed by atoms with Gasteiger partial charge in [-0.05, 0) is 74.4 Å². The summed E-state index contributed by atoms with van der Waals surface area (Å²) >= 11 is 12.8. The number of pyridine rings is 1. The lowest BCUT2D eigenvalue weighted by Gasteiger charge is -2.46. The summed E-state index contributed by atoms with van der Waals surface area (Å²) in [5.74, 6) is 1.22. The van der Waals surface area contributed by atoms with Crippen molar-refractivity contribution >= 4 is 41.0 Å². The maximum atomic E-state index is 15.2. The number of aliphatic imine (C=N–C) groups is 1. The minimum absolute atomic E-state index is 0.0864. The Morgan fingerprint density at radius 1 is 0.940 bits per heavy atom. The zero-order valence-electron chi connectivity index (χ0n) is 29.5. The van der Waals surface area contributed by atoms with Gasteiger partial charge in [-0.15, -0.1) is 0 Å². The van der Waals surface area contributed by atoms with Crippen LogP contribution in [0.3, 0.4) is 0 Å². The molecule has 0 radical (unpaired) electrons. The van der Waals surface area contributed by atoms with Gasteiger partial charge < -0.3 is 19.6 Å². The molecule has 3 amide bonds. The van der Waals surface area contributed by atoms with Crippen molar-refractivity contribution in [2.75, 3.05) is 32.8 Å². The molecule has 2 aromatic carbocycles. The predicted octanol–water partition coefficient (Wildman–Crippen LogP) is 6.87. The number of β-amino-alcohol motifs (C(OH)–C–C–N with tert-alkyl or cyclic N) is 1. The van der Waals surface area contributed by atoms with Crippen molar-refractivity contribution < 1.29 is 19.4 Å². The van der Waals surface area contributed by atoms with Crippen molar-refractivity contribution in [2.24, 2.45) is 22.7 Å². The molecule has 4 aliphatic rings. The second-order valence-corrected chi connectivity index (χ2v) is 16.3. The Morgan fingerprint density at radius 2 is 1.54 bits per heavy atom. The summed E-state index contributed by atoms with van der Waals surface area (Å²) < 4.78 is 6.27. The third kappa shape index (κ3) is 5.66. The van der Waals surface area contributed by atoms with E-state index in [-0.39, 0.29) is 35.1 Å². The van der Waals surface area contributed by atoms with E-state index in [2.05, 4.69) is 34.6 Å². The van der Waals surface area contributed by atoms with Gasteiger partial charge in [0.25, 0.3) is 0 Å². The molecular weight excluding hydrogens is 673 g/mol. The summed E-state index contributed by atoms with van der Waals surface area (Å²) in [6.45, 7) is 14.7. The van der Waals surface area contributed by atoms with E-state index in [0.717, 1.165) is 16.8 Å². The summed E-state index contributed by atoms with van der Waals surface area (Å²) in [7, 11) is 0. The van der Waals surface area contributed by atoms with Gasteiger partial charge in [0.15, 0.2) is 0 Å². The Kier molecular flexibility index (Phi) is 8.72. The maximum Gasteiger partial charge on any atom is 0.326 e. The molecule has 6 atom stereocenters. The van der Waals surface area contributed by atoms with Crippen LogP contribution in [0.1, 0.15) is 70.3 Å². The van der Waals surface area contributed by atoms with Crippen LogP contribution in [-0.2, 0) is 21.3 Å². The molecule has 3 aromatic rings. The minimum atomic E-state index is -1.04. The average Bonchev–Trinajstić information content (AvgIpc) is 3.36. The highest BCUT2D eigenvalue weighted by Crippen LogP contribution is 2.56. The van der Waals surface area contributed by atoms with Gasteiger partial charge in [-0.1, -0.05) is 68.2 Å². The van der Waals surface area contributed by atoms with Crippen LogP contribution in [0, 0.1) is 17.8 Å². The van der Waals surface area contributed by atoms with Gasteiger partial charge in [-0.25, -0.2) is 4.79 Å². The largest absolute Gasteiger partial charge is 0.493 e. The Bertz CT molecular complexity index is 1830. The third-order valence-corrected chi connectivity index (χ3v) is 11.8. The van der Waals surface area contributed by atoms with Crippen LogP contribution < -0.4 is 4.74 Å². The van der Waals surface area contributed by atoms with Crippen LogP contribution in [0.2, 0.25) is 10.0 Å². The highest BCUT2D eigenvalue weighted by atomic mass is 35.5. The normalized spacial score (nSPS) is 28.9. The van der Waals surface area contributed by atoms with Gasteiger partial charge in [-0.2, -0.15) is 0 Å². The molecule has 1 saturated carbocycles. The molecule has 2 unspecified atom stereocenters. The fourth-order valence-corrected chi connectivity index (χ4v) is 8.45. The van der Waals surface area contributed by atoms with Crippen molar-refractivity contribution in [1.82, 2.24) is 19.7 Å². The van der Waals surface area contributed by atoms with Crippen molar-refractivity contribution in [3.05, 3.63) is 93.2 Å². The predicted molar refractivity (Wildman–Crippen MR) is 195 cm³/mol. The smallest absolute Gasteiger partial charge is 0.326 e. The van der Waals surface area contributed by atoms with E-state index < -0.39 is 17.2 Å². The number of benzene rings is 2. The molecule has 3 fully saturated rings. The summed E-state index contributed by atoms with van der Waals surface area (Å²) in [6.07, 6.45) is 1.93. The number of hydrogen-bond acceptors (Lipinski definition) is 6. The van der Waals surface area contributed by atoms with E-state index in [4.69, 9.17) is 37.9 Å². The first-order valence-electron chi connectivity index (χ1n) is 17.5. The number of aromatic nitrogens is 1. The lowest BCUT2D eigenvalue weighted by Crippen LogP contribution is -2.58. The number of rotatable bonds is 6. The highest BCUT2D eigenvalue weighted by molar-refractivity contribution is 6.30. The van der Waals surface area contributed by atoms with Crippen LogP contribution in [0.5, 0.6) is 5.75 Å². The number of likely N-dealkylation sites (tertiary alicyclic amines) is 2. The summed E-state index contributed by atoms with van der Waals surface area (Å²) in [6, 6.07) is 17.0. The van der Waals surface area contributed by atoms with E-state index in [0.29, 0.717) is 66.4 Å². The van der Waals surface area contributed by atoms with Crippen molar-refractivity contribution in [2.45, 2.75) is 70.6 Å². The number of nitrogens with zero attached hydrogens (tertiary/aromatic N) is 5. The Morgan fingerprint density at radius 3 is 2.08 bits per heavy atom. The van der Waals surface area contributed by atoms with E-state index in [9.17, 15) is 9.90 Å². The first-order chi connectivity index (χ1) is 23.7. The van der Waals surface area contributed by atoms with Gasteiger partial charge in [0.05, 0.1) is 18.3 Å². The molecule has 2 saturated heterocycles. The molecule has 0 spiro atoms. The second-order valence-electron chi connectivity index (χ2n) is 15.4. The number of urea groups is 1. The van der Waals surface area contributed by atoms with Crippen molar-refractivity contribution in [3.63, 3.8) is 0 Å². The van der Waals surface area contributed by atoms with Gasteiger partial charge >= 0.3 is 6.03 Å². The molecule has 9 nitrogen and oxygen atoms in total. The first kappa shape index (κ1) is 34.8. The Hall–Kier alpha value is -3.66. The lowest BCUT2D eigenvalue weighted by molar-refractivity contribution is -0.132. The number of ether oxygens (including phenoxy) is 1. The van der Waals surface area contributed by atoms with E-state index in [1.54, 1.807) is 11.1 Å². The lowest BCUT2D eigenvalue weighted by atomic mass is 9.71. The molecule has 7 rings (SSSR count). The number of amidine groups is 1. The fraction of sp³-hybridized carbons (Fsp3) is 0.487. The van der Waals surface area contributed by atoms with Crippen LogP contribution in [0.4, 0.5) is 4.79 Å². The van der Waals surface area contributed by atoms with E-state index >= 15 is 4.79 Å². The molecule has 0 bridgehead atoms. The SMILES string of the molecule is CCOc1cc(C(C)(C)C)ncc1C1=N[C@@](C)(c2ccc(Cl)cc2)[C@@](C)(c2ccc(Cl)cc2)N1C(=O)N1C[C@@H]2C(C(=O)N3CCC(O)C3)[C@@H]2C1. The van der Waals surface area contributed by atoms with Crippen LogP contribution >= 0.6 is 23.2 Å². The van der Waals surface area contributed by atoms with Crippen molar-refractivity contribution in [1.29, 1.82) is 0 Å². The number of carbonyl (C=O) groups is 2. The molecule has 264 valence electrons. The number of fused-ring (bicyclic) bond motifs is 1. The number of amides is 3. The number of piperidine rings is 1. The van der Waals surface area contributed by atoms with Gasteiger partial charge in [0.2, 0.25) is 5.91 Å². The van der Waals surface area contributed by atoms with Crippen LogP contribution in [-0.4, -0.2) is 81.5 Å². The van der Waals surface area contributed by atoms with E-state index in [1.165, 1.54) is 0 Å². The molecular formula is C39H45Cl2N5O4. The molecule has 4 heterocycles. The molecule has 50 heavy (non-hydrogen) atoms. The number of carbonyl (C=O) groups excluding carboxylic acids is 2. The first-order valence-corrected chi connectivity index (χ1v) is 18.2. The summed E-state index contributed by atoms with van der Waals surface area (Å²) in [5.41, 5.74) is 0.961. The quantitative estimate of drug-likeness (QED) is 0.300. The van der Waals surface area contributed by atoms with Crippen LogP contribution in [0.15, 0.2) is 65.8 Å². The van der Waals surface area contributed by atoms with Gasteiger partial charge in [-0.3, -0.25) is 19.7 Å². The number of halogens is 2. The number of aliphatic hydroxyl groups excluding tert-OH is 1. The zero-order valence-corrected chi connectivity index (χ0v) is 31.0. The average molecular weight is 719 g/mol. The van der Waals surface area contributed by atoms with E-state index in [1.807, 2.05) is 71.3 Å². The topological polar surface area (TPSA) is 98.6 Å². The number of aliphatic hydroxyl groups is 1. The highest BCUT2D eigenvalue weighted by Gasteiger charge is 2.65. The minimum Gasteiger partial charge on any atom is -0.493 e. The number of hydrogen-bond donors (Lipinski definition) is 1. The van der Waals surface area contributed by atoms with Gasteiger partial charge in [0.1, 0.15) is 22.7 Å². The standard InChI is InChI=1S/C39H45Cl2N5O4/c1-7-50-31-18-32(37(2,3)4)42-19-28(31)34-43-38(5,23-8-12-25(40)13-9-23)39(6,24-10-14-26(41)15-11-24)46(34)36(49)45-21-29-30(22-45)33(29)35(48)44-17-16-27(47)20-44/h8-15,18-19,27,29-30,33,47H,7,16-17,20-22H2,1-6H3/t27?,29-,30+,33?,38-,39+/m0/s1. The molecule has 11 heteroatoms. The summed E-state index contributed by atoms with van der Waals surface area (Å²) in [4.78, 5) is 44.4. The monoisotopic (exact) mass is 717 g/mol. The molecule has 1 N–H and O–H groups in total. The fourth-order valence-electron chi connectivity index (χ4n) is 8.20. The Balaban J connectivity index is 1.34.